The summed E-state index contributed by atoms with van der Waals surface area (Å²) in [6, 6.07) is 2.31. The number of H-pyrrole nitrogens is 1. The van der Waals surface area contributed by atoms with Crippen LogP contribution in [0.3, 0.4) is 0 Å². The van der Waals surface area contributed by atoms with E-state index in [1.807, 2.05) is 13.8 Å². The van der Waals surface area contributed by atoms with Gasteiger partial charge in [-0.25, -0.2) is 13.1 Å². The van der Waals surface area contributed by atoms with Gasteiger partial charge in [-0.3, -0.25) is 4.79 Å². The minimum Gasteiger partial charge on any atom is -0.381 e. The van der Waals surface area contributed by atoms with Crippen LogP contribution in [0.1, 0.15) is 20.3 Å². The quantitative estimate of drug-likeness (QED) is 0.842. The Bertz CT molecular complexity index is 600. The van der Waals surface area contributed by atoms with Gasteiger partial charge in [0.1, 0.15) is 0 Å². The number of aromatic nitrogens is 1. The molecule has 6 nitrogen and oxygen atoms in total. The summed E-state index contributed by atoms with van der Waals surface area (Å²) in [6.45, 7) is 3.93. The Kier molecular flexibility index (Phi) is 3.55. The molecule has 106 valence electrons. The van der Waals surface area contributed by atoms with Gasteiger partial charge >= 0.3 is 0 Å². The van der Waals surface area contributed by atoms with Crippen molar-refractivity contribution in [1.29, 1.82) is 0 Å². The highest BCUT2D eigenvalue weighted by Gasteiger charge is 2.50. The normalized spacial score (nSPS) is 25.8. The largest absolute Gasteiger partial charge is 0.381 e. The SMILES string of the molecule is COC1CC(NS(=O)(=O)c2ccc(=O)[nH]c2)C1(C)C. The van der Waals surface area contributed by atoms with E-state index in [1.165, 1.54) is 18.3 Å². The molecule has 1 aromatic rings. The second-order valence-electron chi connectivity index (χ2n) is 5.34. The number of methoxy groups -OCH3 is 1. The Morgan fingerprint density at radius 1 is 1.42 bits per heavy atom. The zero-order valence-corrected chi connectivity index (χ0v) is 12.0. The molecule has 0 saturated heterocycles. The zero-order valence-electron chi connectivity index (χ0n) is 11.1. The van der Waals surface area contributed by atoms with Crippen LogP contribution in [0.5, 0.6) is 0 Å². The Labute approximate surface area is 112 Å². The Balaban J connectivity index is 2.15. The third-order valence-electron chi connectivity index (χ3n) is 3.83. The van der Waals surface area contributed by atoms with E-state index in [0.29, 0.717) is 6.42 Å². The summed E-state index contributed by atoms with van der Waals surface area (Å²) in [4.78, 5) is 13.4. The van der Waals surface area contributed by atoms with Crippen LogP contribution in [-0.4, -0.2) is 32.7 Å². The summed E-state index contributed by atoms with van der Waals surface area (Å²) in [5.41, 5.74) is -0.577. The maximum atomic E-state index is 12.2. The minimum absolute atomic E-state index is 0.0516. The minimum atomic E-state index is -3.62. The van der Waals surface area contributed by atoms with Gasteiger partial charge in [0.2, 0.25) is 15.6 Å². The molecule has 1 saturated carbocycles. The first-order valence-corrected chi connectivity index (χ1v) is 7.49. The van der Waals surface area contributed by atoms with E-state index in [4.69, 9.17) is 4.74 Å². The van der Waals surface area contributed by atoms with Crippen LogP contribution in [-0.2, 0) is 14.8 Å². The molecule has 0 radical (unpaired) electrons. The second-order valence-corrected chi connectivity index (χ2v) is 7.06. The number of hydrogen-bond donors (Lipinski definition) is 2. The van der Waals surface area contributed by atoms with Gasteiger partial charge in [-0.05, 0) is 12.5 Å². The van der Waals surface area contributed by atoms with E-state index < -0.39 is 10.0 Å². The van der Waals surface area contributed by atoms with E-state index in [2.05, 4.69) is 9.71 Å². The highest BCUT2D eigenvalue weighted by molar-refractivity contribution is 7.89. The van der Waals surface area contributed by atoms with Crippen molar-refractivity contribution in [1.82, 2.24) is 9.71 Å². The molecular weight excluding hydrogens is 268 g/mol. The van der Waals surface area contributed by atoms with Crippen molar-refractivity contribution in [2.24, 2.45) is 5.41 Å². The van der Waals surface area contributed by atoms with Crippen molar-refractivity contribution < 1.29 is 13.2 Å². The molecule has 1 aliphatic rings. The molecule has 1 aliphatic carbocycles. The molecule has 0 amide bonds. The molecule has 2 rings (SSSR count). The molecule has 1 fully saturated rings. The predicted octanol–water partition coefficient (Wildman–Crippen LogP) is 0.467. The number of sulfonamides is 1. The molecule has 0 bridgehead atoms. The van der Waals surface area contributed by atoms with Gasteiger partial charge in [0, 0.05) is 30.8 Å². The lowest BCUT2D eigenvalue weighted by Crippen LogP contribution is -2.61. The summed E-state index contributed by atoms with van der Waals surface area (Å²) < 4.78 is 32.2. The summed E-state index contributed by atoms with van der Waals surface area (Å²) in [5, 5.41) is 0. The monoisotopic (exact) mass is 286 g/mol. The van der Waals surface area contributed by atoms with Crippen molar-refractivity contribution in [3.05, 3.63) is 28.7 Å². The van der Waals surface area contributed by atoms with Crippen LogP contribution in [0.2, 0.25) is 0 Å². The Morgan fingerprint density at radius 2 is 2.11 bits per heavy atom. The van der Waals surface area contributed by atoms with E-state index in [9.17, 15) is 13.2 Å². The van der Waals surface area contributed by atoms with Crippen molar-refractivity contribution >= 4 is 10.0 Å². The van der Waals surface area contributed by atoms with Crippen LogP contribution in [0, 0.1) is 5.41 Å². The second kappa shape index (κ2) is 4.73. The molecule has 2 atom stereocenters. The molecule has 0 spiro atoms. The molecule has 0 aliphatic heterocycles. The average molecular weight is 286 g/mol. The summed E-state index contributed by atoms with van der Waals surface area (Å²) in [7, 11) is -1.99. The standard InChI is InChI=1S/C12H18N2O4S/c1-12(2)9(6-10(12)18-3)14-19(16,17)8-4-5-11(15)13-7-8/h4-5,7,9-10,14H,6H2,1-3H3,(H,13,15). The third-order valence-corrected chi connectivity index (χ3v) is 5.29. The van der Waals surface area contributed by atoms with Crippen LogP contribution in [0.15, 0.2) is 28.0 Å². The van der Waals surface area contributed by atoms with E-state index in [0.717, 1.165) is 0 Å². The van der Waals surface area contributed by atoms with E-state index in [1.54, 1.807) is 7.11 Å². The fourth-order valence-corrected chi connectivity index (χ4v) is 3.68. The van der Waals surface area contributed by atoms with Gasteiger partial charge in [-0.1, -0.05) is 13.8 Å². The van der Waals surface area contributed by atoms with Crippen LogP contribution < -0.4 is 10.3 Å². The molecule has 1 heterocycles. The first kappa shape index (κ1) is 14.2. The molecule has 1 aromatic heterocycles. The van der Waals surface area contributed by atoms with Crippen molar-refractivity contribution in [3.63, 3.8) is 0 Å². The molecule has 7 heteroatoms. The van der Waals surface area contributed by atoms with E-state index in [-0.39, 0.29) is 28.0 Å². The maximum absolute atomic E-state index is 12.2. The lowest BCUT2D eigenvalue weighted by Gasteiger charge is -2.50. The lowest BCUT2D eigenvalue weighted by molar-refractivity contribution is -0.0908. The first-order valence-electron chi connectivity index (χ1n) is 6.01. The van der Waals surface area contributed by atoms with Gasteiger partial charge in [-0.2, -0.15) is 0 Å². The van der Waals surface area contributed by atoms with Gasteiger partial charge in [0.05, 0.1) is 11.0 Å². The Morgan fingerprint density at radius 3 is 2.58 bits per heavy atom. The number of rotatable bonds is 4. The number of nitrogens with one attached hydrogen (secondary N) is 2. The topological polar surface area (TPSA) is 88.3 Å². The van der Waals surface area contributed by atoms with Crippen LogP contribution in [0.4, 0.5) is 0 Å². The Hall–Kier alpha value is -1.18. The average Bonchev–Trinajstić information content (AvgIpc) is 2.34. The summed E-state index contributed by atoms with van der Waals surface area (Å²) in [5.74, 6) is 0. The molecule has 19 heavy (non-hydrogen) atoms. The summed E-state index contributed by atoms with van der Waals surface area (Å²) in [6.07, 6.45) is 1.90. The molecule has 2 unspecified atom stereocenters. The number of pyridine rings is 1. The van der Waals surface area contributed by atoms with Gasteiger partial charge in [0.25, 0.3) is 0 Å². The van der Waals surface area contributed by atoms with Gasteiger partial charge in [-0.15, -0.1) is 0 Å². The molecule has 2 N–H and O–H groups in total. The van der Waals surface area contributed by atoms with Crippen molar-refractivity contribution in [2.75, 3.05) is 7.11 Å². The predicted molar refractivity (Wildman–Crippen MR) is 70.4 cm³/mol. The molecular formula is C12H18N2O4S. The fourth-order valence-electron chi connectivity index (χ4n) is 2.30. The molecule has 0 aromatic carbocycles. The first-order chi connectivity index (χ1) is 8.77. The van der Waals surface area contributed by atoms with Crippen molar-refractivity contribution in [2.45, 2.75) is 37.3 Å². The zero-order chi connectivity index (χ0) is 14.3. The third kappa shape index (κ3) is 2.58. The summed E-state index contributed by atoms with van der Waals surface area (Å²) >= 11 is 0. The smallest absolute Gasteiger partial charge is 0.247 e. The van der Waals surface area contributed by atoms with Crippen LogP contribution in [0.25, 0.3) is 0 Å². The van der Waals surface area contributed by atoms with Crippen molar-refractivity contribution in [3.8, 4) is 0 Å². The number of hydrogen-bond acceptors (Lipinski definition) is 4. The highest BCUT2D eigenvalue weighted by atomic mass is 32.2. The van der Waals surface area contributed by atoms with Crippen LogP contribution >= 0.6 is 0 Å². The van der Waals surface area contributed by atoms with Gasteiger partial charge < -0.3 is 9.72 Å². The van der Waals surface area contributed by atoms with Gasteiger partial charge in [0.15, 0.2) is 0 Å². The maximum Gasteiger partial charge on any atom is 0.247 e. The fraction of sp³-hybridized carbons (Fsp3) is 0.583. The number of ether oxygens (including phenoxy) is 1. The lowest BCUT2D eigenvalue weighted by atomic mass is 9.65. The number of aromatic amines is 1. The highest BCUT2D eigenvalue weighted by Crippen LogP contribution is 2.42. The van der Waals surface area contributed by atoms with E-state index >= 15 is 0 Å².